The molecule has 0 spiro atoms. The van der Waals surface area contributed by atoms with Crippen LogP contribution in [-0.2, 0) is 16.1 Å². The SMILES string of the molecule is COc1ccc(/C(O)=C2\C(=O)C(=O)N(CCCn3ccnc3)[C@H]2c2ccccc2OC)cc1Cl. The van der Waals surface area contributed by atoms with E-state index < -0.39 is 17.7 Å². The van der Waals surface area contributed by atoms with Crippen molar-refractivity contribution < 1.29 is 24.2 Å². The van der Waals surface area contributed by atoms with Crippen LogP contribution in [0.3, 0.4) is 0 Å². The maximum Gasteiger partial charge on any atom is 0.295 e. The average Bonchev–Trinajstić information content (AvgIpc) is 3.45. The van der Waals surface area contributed by atoms with Crippen molar-refractivity contribution in [2.24, 2.45) is 0 Å². The van der Waals surface area contributed by atoms with E-state index in [1.165, 1.54) is 25.2 Å². The summed E-state index contributed by atoms with van der Waals surface area (Å²) in [5, 5.41) is 11.5. The topological polar surface area (TPSA) is 93.9 Å². The van der Waals surface area contributed by atoms with Crippen molar-refractivity contribution in [3.63, 3.8) is 0 Å². The second-order valence-electron chi connectivity index (χ2n) is 7.74. The number of aliphatic hydroxyl groups is 1. The molecule has 8 nitrogen and oxygen atoms in total. The molecule has 1 aliphatic rings. The largest absolute Gasteiger partial charge is 0.507 e. The van der Waals surface area contributed by atoms with Gasteiger partial charge < -0.3 is 24.0 Å². The molecule has 0 bridgehead atoms. The lowest BCUT2D eigenvalue weighted by Gasteiger charge is -2.26. The van der Waals surface area contributed by atoms with Crippen LogP contribution in [-0.4, -0.2) is 52.0 Å². The summed E-state index contributed by atoms with van der Waals surface area (Å²) in [6, 6.07) is 11.0. The third kappa shape index (κ3) is 4.36. The predicted molar refractivity (Wildman–Crippen MR) is 127 cm³/mol. The number of Topliss-reactive ketones (excluding diaryl/α,β-unsaturated/α-hetero) is 1. The Bertz CT molecular complexity index is 1240. The van der Waals surface area contributed by atoms with Gasteiger partial charge in [0.2, 0.25) is 0 Å². The highest BCUT2D eigenvalue weighted by molar-refractivity contribution is 6.46. The van der Waals surface area contributed by atoms with Gasteiger partial charge in [-0.25, -0.2) is 4.98 Å². The summed E-state index contributed by atoms with van der Waals surface area (Å²) in [5.41, 5.74) is 0.897. The Balaban J connectivity index is 1.78. The van der Waals surface area contributed by atoms with Crippen molar-refractivity contribution in [1.82, 2.24) is 14.5 Å². The Hall–Kier alpha value is -3.78. The van der Waals surface area contributed by atoms with Crippen LogP contribution < -0.4 is 9.47 Å². The zero-order valence-corrected chi connectivity index (χ0v) is 19.5. The van der Waals surface area contributed by atoms with Crippen molar-refractivity contribution in [2.75, 3.05) is 20.8 Å². The smallest absolute Gasteiger partial charge is 0.295 e. The average molecular weight is 482 g/mol. The Morgan fingerprint density at radius 2 is 1.85 bits per heavy atom. The molecule has 1 saturated heterocycles. The quantitative estimate of drug-likeness (QED) is 0.296. The van der Waals surface area contributed by atoms with Crippen LogP contribution in [0.2, 0.25) is 5.02 Å². The van der Waals surface area contributed by atoms with Gasteiger partial charge in [-0.3, -0.25) is 9.59 Å². The van der Waals surface area contributed by atoms with Gasteiger partial charge in [0.1, 0.15) is 17.3 Å². The van der Waals surface area contributed by atoms with E-state index in [0.717, 1.165) is 0 Å². The molecule has 3 aromatic rings. The highest BCUT2D eigenvalue weighted by Crippen LogP contribution is 2.43. The van der Waals surface area contributed by atoms with E-state index >= 15 is 0 Å². The van der Waals surface area contributed by atoms with Gasteiger partial charge in [0.05, 0.1) is 37.2 Å². The first-order chi connectivity index (χ1) is 16.5. The predicted octanol–water partition coefficient (Wildman–Crippen LogP) is 4.07. The molecule has 0 radical (unpaired) electrons. The third-order valence-electron chi connectivity index (χ3n) is 5.77. The monoisotopic (exact) mass is 481 g/mol. The Labute approximate surface area is 202 Å². The van der Waals surface area contributed by atoms with Crippen LogP contribution in [0.25, 0.3) is 5.76 Å². The highest BCUT2D eigenvalue weighted by atomic mass is 35.5. The number of halogens is 1. The molecule has 1 aromatic heterocycles. The van der Waals surface area contributed by atoms with Gasteiger partial charge >= 0.3 is 0 Å². The summed E-state index contributed by atoms with van der Waals surface area (Å²) in [5.74, 6) is -0.811. The lowest BCUT2D eigenvalue weighted by Crippen LogP contribution is -2.31. The van der Waals surface area contributed by atoms with Gasteiger partial charge in [-0.05, 0) is 30.7 Å². The number of nitrogens with zero attached hydrogens (tertiary/aromatic N) is 3. The van der Waals surface area contributed by atoms with Crippen LogP contribution in [0.15, 0.2) is 66.8 Å². The lowest BCUT2D eigenvalue weighted by molar-refractivity contribution is -0.140. The number of benzene rings is 2. The van der Waals surface area contributed by atoms with E-state index in [4.69, 9.17) is 21.1 Å². The number of carbonyl (C=O) groups is 2. The molecule has 2 aromatic carbocycles. The molecule has 1 atom stereocenters. The van der Waals surface area contributed by atoms with E-state index in [9.17, 15) is 14.7 Å². The molecule has 176 valence electrons. The first-order valence-electron chi connectivity index (χ1n) is 10.7. The molecule has 1 N–H and O–H groups in total. The Morgan fingerprint density at radius 3 is 2.53 bits per heavy atom. The minimum atomic E-state index is -0.820. The van der Waals surface area contributed by atoms with E-state index in [1.54, 1.807) is 48.9 Å². The molecule has 1 amide bonds. The maximum atomic E-state index is 13.2. The Kier molecular flexibility index (Phi) is 6.88. The second-order valence-corrected chi connectivity index (χ2v) is 8.15. The van der Waals surface area contributed by atoms with Crippen LogP contribution >= 0.6 is 11.6 Å². The van der Waals surface area contributed by atoms with Crippen LogP contribution in [0.1, 0.15) is 23.6 Å². The molecule has 1 fully saturated rings. The first kappa shape index (κ1) is 23.4. The molecule has 9 heteroatoms. The highest BCUT2D eigenvalue weighted by Gasteiger charge is 2.46. The summed E-state index contributed by atoms with van der Waals surface area (Å²) < 4.78 is 12.6. The lowest BCUT2D eigenvalue weighted by atomic mass is 9.94. The number of aliphatic hydroxyl groups excluding tert-OH is 1. The van der Waals surface area contributed by atoms with E-state index in [2.05, 4.69) is 4.98 Å². The summed E-state index contributed by atoms with van der Waals surface area (Å²) in [6.45, 7) is 0.918. The van der Waals surface area contributed by atoms with Gasteiger partial charge in [-0.1, -0.05) is 29.8 Å². The van der Waals surface area contributed by atoms with E-state index in [-0.39, 0.29) is 16.4 Å². The number of aromatic nitrogens is 2. The number of hydrogen-bond donors (Lipinski definition) is 1. The summed E-state index contributed by atoms with van der Waals surface area (Å²) in [4.78, 5) is 31.8. The van der Waals surface area contributed by atoms with Gasteiger partial charge in [-0.15, -0.1) is 0 Å². The van der Waals surface area contributed by atoms with Gasteiger partial charge in [0, 0.05) is 36.6 Å². The molecule has 1 aliphatic heterocycles. The second kappa shape index (κ2) is 10.0. The molecular weight excluding hydrogens is 458 g/mol. The number of rotatable bonds is 8. The number of hydrogen-bond acceptors (Lipinski definition) is 6. The van der Waals surface area contributed by atoms with Gasteiger partial charge in [0.15, 0.2) is 0 Å². The zero-order valence-electron chi connectivity index (χ0n) is 18.8. The fourth-order valence-electron chi connectivity index (χ4n) is 4.14. The van der Waals surface area contributed by atoms with E-state index in [1.807, 2.05) is 10.8 Å². The molecule has 0 unspecified atom stereocenters. The van der Waals surface area contributed by atoms with Crippen LogP contribution in [0.5, 0.6) is 11.5 Å². The van der Waals surface area contributed by atoms with Crippen molar-refractivity contribution in [3.05, 3.63) is 82.9 Å². The molecule has 0 aliphatic carbocycles. The number of imidazole rings is 1. The van der Waals surface area contributed by atoms with Crippen molar-refractivity contribution in [3.8, 4) is 11.5 Å². The first-order valence-corrected chi connectivity index (χ1v) is 11.0. The standard InChI is InChI=1S/C25H24ClN3O5/c1-33-19-7-4-3-6-17(19)22-21(23(30)16-8-9-20(34-2)18(26)14-16)24(31)25(32)29(22)12-5-11-28-13-10-27-15-28/h3-4,6-10,13-15,22,30H,5,11-12H2,1-2H3/b23-21+/t22-/m0/s1. The zero-order chi connectivity index (χ0) is 24.2. The Morgan fingerprint density at radius 1 is 1.09 bits per heavy atom. The molecule has 4 rings (SSSR count). The minimum absolute atomic E-state index is 0.0154. The number of aryl methyl sites for hydroxylation is 1. The van der Waals surface area contributed by atoms with Crippen molar-refractivity contribution in [2.45, 2.75) is 19.0 Å². The normalized spacial score (nSPS) is 17.3. The summed E-state index contributed by atoms with van der Waals surface area (Å²) >= 11 is 6.24. The molecule has 2 heterocycles. The van der Waals surface area contributed by atoms with Crippen LogP contribution in [0.4, 0.5) is 0 Å². The number of carbonyl (C=O) groups excluding carboxylic acids is 2. The van der Waals surface area contributed by atoms with Crippen molar-refractivity contribution in [1.29, 1.82) is 0 Å². The number of amides is 1. The number of likely N-dealkylation sites (tertiary alicyclic amines) is 1. The van der Waals surface area contributed by atoms with Crippen molar-refractivity contribution >= 4 is 29.1 Å². The fourth-order valence-corrected chi connectivity index (χ4v) is 4.40. The number of ketones is 1. The van der Waals surface area contributed by atoms with Gasteiger partial charge in [-0.2, -0.15) is 0 Å². The number of para-hydroxylation sites is 1. The summed E-state index contributed by atoms with van der Waals surface area (Å²) in [7, 11) is 3.01. The third-order valence-corrected chi connectivity index (χ3v) is 6.07. The number of methoxy groups -OCH3 is 2. The van der Waals surface area contributed by atoms with Gasteiger partial charge in [0.25, 0.3) is 11.7 Å². The molecule has 34 heavy (non-hydrogen) atoms. The number of ether oxygens (including phenoxy) is 2. The summed E-state index contributed by atoms with van der Waals surface area (Å²) in [6.07, 6.45) is 5.79. The molecular formula is C25H24ClN3O5. The van der Waals surface area contributed by atoms with Crippen LogP contribution in [0, 0.1) is 0 Å². The fraction of sp³-hybridized carbons (Fsp3) is 0.240. The maximum absolute atomic E-state index is 13.2. The van der Waals surface area contributed by atoms with E-state index in [0.29, 0.717) is 42.1 Å². The minimum Gasteiger partial charge on any atom is -0.507 e. The molecule has 0 saturated carbocycles.